The van der Waals surface area contributed by atoms with Gasteiger partial charge in [0, 0.05) is 47.8 Å². The third-order valence-corrected chi connectivity index (χ3v) is 5.23. The lowest BCUT2D eigenvalue weighted by molar-refractivity contribution is -0.274. The second-order valence-electron chi connectivity index (χ2n) is 8.25. The Kier molecular flexibility index (Phi) is 7.15. The van der Waals surface area contributed by atoms with Gasteiger partial charge in [-0.2, -0.15) is 5.10 Å². The fourth-order valence-electron chi connectivity index (χ4n) is 3.65. The Morgan fingerprint density at radius 2 is 1.79 bits per heavy atom. The van der Waals surface area contributed by atoms with E-state index in [4.69, 9.17) is 5.41 Å². The van der Waals surface area contributed by atoms with Crippen molar-refractivity contribution in [1.82, 2.24) is 14.3 Å². The number of rotatable bonds is 7. The summed E-state index contributed by atoms with van der Waals surface area (Å²) in [7, 11) is 0. The summed E-state index contributed by atoms with van der Waals surface area (Å²) in [5.41, 5.74) is 1.41. The minimum atomic E-state index is -4.88. The van der Waals surface area contributed by atoms with E-state index in [0.29, 0.717) is 16.9 Å². The van der Waals surface area contributed by atoms with Crippen molar-refractivity contribution in [2.24, 2.45) is 0 Å². The standard InChI is InChI=1S/C26H20F5N5O2/c1-15-10-18(35-13-20(27)21(28)14-35)6-7-23(15)36-9-8-24(37)25(34-36)22(11-16(2)32)33-17-4-3-5-19(12-17)38-26(29,30)31/h3-14,32-33H,1-2H3/b22-11-,32-16?. The maximum absolute atomic E-state index is 13.4. The second-order valence-corrected chi connectivity index (χ2v) is 8.25. The molecule has 0 amide bonds. The molecule has 0 aliphatic carbocycles. The number of nitrogens with one attached hydrogen (secondary N) is 2. The van der Waals surface area contributed by atoms with E-state index in [1.807, 2.05) is 0 Å². The number of alkyl halides is 3. The van der Waals surface area contributed by atoms with Crippen LogP contribution in [0.15, 0.2) is 78.0 Å². The Morgan fingerprint density at radius 1 is 1.08 bits per heavy atom. The van der Waals surface area contributed by atoms with E-state index >= 15 is 0 Å². The Bertz CT molecular complexity index is 1580. The summed E-state index contributed by atoms with van der Waals surface area (Å²) in [4.78, 5) is 12.8. The number of halogens is 5. The predicted molar refractivity (Wildman–Crippen MR) is 132 cm³/mol. The maximum atomic E-state index is 13.4. The number of aromatic nitrogens is 3. The van der Waals surface area contributed by atoms with E-state index in [2.05, 4.69) is 15.2 Å². The molecular weight excluding hydrogens is 509 g/mol. The molecule has 0 bridgehead atoms. The van der Waals surface area contributed by atoms with E-state index in [9.17, 15) is 26.7 Å². The molecule has 2 heterocycles. The van der Waals surface area contributed by atoms with Crippen molar-refractivity contribution in [3.63, 3.8) is 0 Å². The van der Waals surface area contributed by atoms with Gasteiger partial charge in [0.15, 0.2) is 17.3 Å². The van der Waals surface area contributed by atoms with Gasteiger partial charge in [-0.15, -0.1) is 13.2 Å². The summed E-state index contributed by atoms with van der Waals surface area (Å²) >= 11 is 0. The van der Waals surface area contributed by atoms with Crippen LogP contribution in [-0.2, 0) is 0 Å². The fraction of sp³-hybridized carbons (Fsp3) is 0.115. The summed E-state index contributed by atoms with van der Waals surface area (Å²) < 4.78 is 71.4. The van der Waals surface area contributed by atoms with Gasteiger partial charge in [0.05, 0.1) is 11.4 Å². The van der Waals surface area contributed by atoms with Gasteiger partial charge < -0.3 is 20.0 Å². The first-order valence-corrected chi connectivity index (χ1v) is 11.0. The summed E-state index contributed by atoms with van der Waals surface area (Å²) in [6.45, 7) is 3.21. The highest BCUT2D eigenvalue weighted by molar-refractivity contribution is 5.98. The molecule has 7 nitrogen and oxygen atoms in total. The van der Waals surface area contributed by atoms with Gasteiger partial charge in [0.1, 0.15) is 5.75 Å². The van der Waals surface area contributed by atoms with Gasteiger partial charge in [0.2, 0.25) is 5.43 Å². The number of anilines is 1. The maximum Gasteiger partial charge on any atom is 0.573 e. The van der Waals surface area contributed by atoms with E-state index < -0.39 is 29.2 Å². The van der Waals surface area contributed by atoms with E-state index in [0.717, 1.165) is 24.5 Å². The van der Waals surface area contributed by atoms with Gasteiger partial charge in [0.25, 0.3) is 0 Å². The van der Waals surface area contributed by atoms with Crippen LogP contribution in [0.25, 0.3) is 17.1 Å². The number of allylic oxidation sites excluding steroid dienone is 1. The molecule has 38 heavy (non-hydrogen) atoms. The topological polar surface area (TPSA) is 84.9 Å². The normalized spacial score (nSPS) is 11.9. The molecule has 4 aromatic rings. The smallest absolute Gasteiger partial charge is 0.406 e. The van der Waals surface area contributed by atoms with Crippen LogP contribution in [-0.4, -0.2) is 26.4 Å². The average Bonchev–Trinajstić information content (AvgIpc) is 3.16. The van der Waals surface area contributed by atoms with Crippen LogP contribution < -0.4 is 15.5 Å². The molecule has 196 valence electrons. The molecule has 0 radical (unpaired) electrons. The van der Waals surface area contributed by atoms with Crippen molar-refractivity contribution < 1.29 is 26.7 Å². The van der Waals surface area contributed by atoms with Crippen molar-refractivity contribution in [2.45, 2.75) is 20.2 Å². The SMILES string of the molecule is CC(=N)/C=C(\Nc1cccc(OC(F)(F)F)c1)c1nn(-c2ccc(-n3cc(F)c(F)c3)cc2C)ccc1=O. The summed E-state index contributed by atoms with van der Waals surface area (Å²) in [5, 5.41) is 15.1. The number of benzene rings is 2. The van der Waals surface area contributed by atoms with Crippen molar-refractivity contribution >= 4 is 17.1 Å². The van der Waals surface area contributed by atoms with Crippen LogP contribution in [0.4, 0.5) is 27.6 Å². The lowest BCUT2D eigenvalue weighted by Crippen LogP contribution is -2.19. The first-order chi connectivity index (χ1) is 17.9. The zero-order chi connectivity index (χ0) is 27.6. The molecule has 2 N–H and O–H groups in total. The van der Waals surface area contributed by atoms with Crippen LogP contribution in [0.2, 0.25) is 0 Å². The second kappa shape index (κ2) is 10.3. The Morgan fingerprint density at radius 3 is 2.42 bits per heavy atom. The molecule has 2 aromatic carbocycles. The number of ether oxygens (including phenoxy) is 1. The minimum absolute atomic E-state index is 0.0542. The van der Waals surface area contributed by atoms with Gasteiger partial charge in [-0.25, -0.2) is 13.5 Å². The summed E-state index contributed by atoms with van der Waals surface area (Å²) in [5.74, 6) is -2.44. The fourth-order valence-corrected chi connectivity index (χ4v) is 3.65. The predicted octanol–water partition coefficient (Wildman–Crippen LogP) is 6.00. The molecule has 0 unspecified atom stereocenters. The van der Waals surface area contributed by atoms with Gasteiger partial charge >= 0.3 is 6.36 Å². The molecule has 0 saturated carbocycles. The van der Waals surface area contributed by atoms with Gasteiger partial charge in [-0.05, 0) is 55.8 Å². The molecule has 0 spiro atoms. The number of nitrogens with zero attached hydrogens (tertiary/aromatic N) is 3. The average molecular weight is 529 g/mol. The monoisotopic (exact) mass is 529 g/mol. The van der Waals surface area contributed by atoms with Crippen LogP contribution in [0.3, 0.4) is 0 Å². The quantitative estimate of drug-likeness (QED) is 0.227. The highest BCUT2D eigenvalue weighted by Gasteiger charge is 2.31. The third kappa shape index (κ3) is 6.14. The molecule has 0 atom stereocenters. The molecule has 0 saturated heterocycles. The molecule has 0 fully saturated rings. The summed E-state index contributed by atoms with van der Waals surface area (Å²) in [6, 6.07) is 11.2. The highest BCUT2D eigenvalue weighted by atomic mass is 19.4. The molecule has 0 aliphatic rings. The first kappa shape index (κ1) is 26.3. The van der Waals surface area contributed by atoms with Crippen LogP contribution in [0.1, 0.15) is 18.2 Å². The van der Waals surface area contributed by atoms with E-state index in [1.165, 1.54) is 46.6 Å². The van der Waals surface area contributed by atoms with Crippen molar-refractivity contribution in [3.05, 3.63) is 106 Å². The largest absolute Gasteiger partial charge is 0.573 e. The van der Waals surface area contributed by atoms with Gasteiger partial charge in [-0.3, -0.25) is 4.79 Å². The zero-order valence-electron chi connectivity index (χ0n) is 20.0. The lowest BCUT2D eigenvalue weighted by Gasteiger charge is -2.15. The third-order valence-electron chi connectivity index (χ3n) is 5.23. The highest BCUT2D eigenvalue weighted by Crippen LogP contribution is 2.27. The van der Waals surface area contributed by atoms with E-state index in [1.54, 1.807) is 25.1 Å². The number of hydrogen-bond donors (Lipinski definition) is 2. The van der Waals surface area contributed by atoms with Gasteiger partial charge in [-0.1, -0.05) is 6.07 Å². The minimum Gasteiger partial charge on any atom is -0.406 e. The number of hydrogen-bond acceptors (Lipinski definition) is 5. The van der Waals surface area contributed by atoms with Crippen molar-refractivity contribution in [3.8, 4) is 17.1 Å². The summed E-state index contributed by atoms with van der Waals surface area (Å²) in [6.07, 6.45) is -0.117. The molecule has 2 aromatic heterocycles. The van der Waals surface area contributed by atoms with E-state index in [-0.39, 0.29) is 22.8 Å². The van der Waals surface area contributed by atoms with Crippen molar-refractivity contribution in [1.29, 1.82) is 5.41 Å². The molecular formula is C26H20F5N5O2. The zero-order valence-corrected chi connectivity index (χ0v) is 20.0. The molecule has 4 rings (SSSR count). The van der Waals surface area contributed by atoms with Crippen molar-refractivity contribution in [2.75, 3.05) is 5.32 Å². The van der Waals surface area contributed by atoms with Crippen LogP contribution >= 0.6 is 0 Å². The lowest BCUT2D eigenvalue weighted by atomic mass is 10.1. The molecule has 12 heteroatoms. The van der Waals surface area contributed by atoms with Crippen LogP contribution in [0, 0.1) is 24.0 Å². The Hall–Kier alpha value is -4.74. The van der Waals surface area contributed by atoms with Crippen LogP contribution in [0.5, 0.6) is 5.75 Å². The first-order valence-electron chi connectivity index (χ1n) is 11.0. The molecule has 0 aliphatic heterocycles. The number of aryl methyl sites for hydroxylation is 1. The Balaban J connectivity index is 1.70. The Labute approximate surface area is 212 Å².